The average Bonchev–Trinajstić information content (AvgIpc) is 3.20. The normalized spacial score (nSPS) is 27.5. The summed E-state index contributed by atoms with van der Waals surface area (Å²) in [7, 11) is -2.93. The number of aliphatic imine (C=N–C) groups is 1. The maximum absolute atomic E-state index is 12.2. The number of hydrogen-bond acceptors (Lipinski definition) is 7. The van der Waals surface area contributed by atoms with Crippen LogP contribution in [0.5, 0.6) is 0 Å². The number of amidine groups is 1. The molecule has 3 aliphatic rings. The van der Waals surface area contributed by atoms with Crippen LogP contribution in [0.2, 0.25) is 0 Å². The van der Waals surface area contributed by atoms with E-state index in [1.165, 1.54) is 37.6 Å². The van der Waals surface area contributed by atoms with Crippen LogP contribution in [0.15, 0.2) is 29.3 Å². The number of sulfone groups is 1. The van der Waals surface area contributed by atoms with Gasteiger partial charge in [0.1, 0.15) is 0 Å². The molecule has 1 aromatic rings. The van der Waals surface area contributed by atoms with E-state index >= 15 is 0 Å². The smallest absolute Gasteiger partial charge is 0.224 e. The topological polar surface area (TPSA) is 90.9 Å². The Bertz CT molecular complexity index is 917. The van der Waals surface area contributed by atoms with E-state index in [0.717, 1.165) is 35.9 Å². The van der Waals surface area contributed by atoms with E-state index < -0.39 is 9.84 Å². The lowest BCUT2D eigenvalue weighted by Gasteiger charge is -2.33. The minimum atomic E-state index is -2.93. The number of amides is 1. The predicted molar refractivity (Wildman–Crippen MR) is 128 cm³/mol. The van der Waals surface area contributed by atoms with Crippen molar-refractivity contribution >= 4 is 38.4 Å². The molecule has 0 unspecified atom stereocenters. The fourth-order valence-electron chi connectivity index (χ4n) is 4.49. The van der Waals surface area contributed by atoms with Crippen LogP contribution in [0, 0.1) is 0 Å². The van der Waals surface area contributed by atoms with E-state index in [1.807, 2.05) is 24.3 Å². The summed E-state index contributed by atoms with van der Waals surface area (Å²) in [6.07, 6.45) is 5.27. The summed E-state index contributed by atoms with van der Waals surface area (Å²) < 4.78 is 23.3. The van der Waals surface area contributed by atoms with Gasteiger partial charge in [0.05, 0.1) is 24.0 Å². The van der Waals surface area contributed by atoms with Gasteiger partial charge in [-0.15, -0.1) is 0 Å². The summed E-state index contributed by atoms with van der Waals surface area (Å²) in [6.45, 7) is 5.25. The highest BCUT2D eigenvalue weighted by Gasteiger charge is 2.42. The van der Waals surface area contributed by atoms with E-state index in [1.54, 1.807) is 0 Å². The molecule has 7 nitrogen and oxygen atoms in total. The molecular weight excluding hydrogens is 432 g/mol. The maximum atomic E-state index is 12.2. The number of fused-ring (bicyclic) bond motifs is 1. The largest absolute Gasteiger partial charge is 0.356 e. The molecule has 9 heteroatoms. The molecule has 1 aromatic carbocycles. The summed E-state index contributed by atoms with van der Waals surface area (Å²) in [5, 5.41) is 7.11. The van der Waals surface area contributed by atoms with Crippen molar-refractivity contribution in [2.45, 2.75) is 56.4 Å². The van der Waals surface area contributed by atoms with Crippen molar-refractivity contribution in [3.63, 3.8) is 0 Å². The second-order valence-corrected chi connectivity index (χ2v) is 12.2. The Balaban J connectivity index is 1.17. The first-order chi connectivity index (χ1) is 14.9. The number of thioether (sulfide) groups is 1. The van der Waals surface area contributed by atoms with Gasteiger partial charge in [-0.25, -0.2) is 8.42 Å². The molecule has 0 aliphatic carbocycles. The highest BCUT2D eigenvalue weighted by atomic mass is 32.2. The quantitative estimate of drug-likeness (QED) is 0.602. The second-order valence-electron chi connectivity index (χ2n) is 8.82. The van der Waals surface area contributed by atoms with Gasteiger partial charge in [-0.1, -0.05) is 30.3 Å². The number of carbonyl (C=O) groups excluding carboxylic acids is 1. The number of nitrogens with zero attached hydrogens (tertiary/aromatic N) is 2. The third kappa shape index (κ3) is 6.23. The third-order valence-electron chi connectivity index (χ3n) is 6.27. The molecule has 2 N–H and O–H groups in total. The summed E-state index contributed by atoms with van der Waals surface area (Å²) in [4.78, 5) is 19.3. The van der Waals surface area contributed by atoms with Gasteiger partial charge in [-0.3, -0.25) is 9.79 Å². The molecule has 3 heterocycles. The fraction of sp³-hybridized carbons (Fsp3) is 0.636. The van der Waals surface area contributed by atoms with Gasteiger partial charge in [0.15, 0.2) is 15.0 Å². The van der Waals surface area contributed by atoms with Crippen LogP contribution in [0.25, 0.3) is 0 Å². The summed E-state index contributed by atoms with van der Waals surface area (Å²) >= 11 is 1.51. The maximum Gasteiger partial charge on any atom is 0.224 e. The molecule has 0 spiro atoms. The lowest BCUT2D eigenvalue weighted by atomic mass is 10.0. The van der Waals surface area contributed by atoms with Gasteiger partial charge in [-0.2, -0.15) is 0 Å². The van der Waals surface area contributed by atoms with Crippen LogP contribution < -0.4 is 10.6 Å². The second kappa shape index (κ2) is 9.92. The van der Waals surface area contributed by atoms with E-state index in [-0.39, 0.29) is 28.7 Å². The Morgan fingerprint density at radius 3 is 2.77 bits per heavy atom. The molecule has 3 aliphatic heterocycles. The standard InChI is InChI=1S/C22H32N4O3S2/c1-16-5-2-3-11-26(16)12-4-10-23-21(27)13-17-6-8-18(9-7-17)24-22-25-19-14-31(28,29)15-20(19)30-22/h6-9,16,19-20H,2-5,10-15H2,1H3,(H,23,27)(H,24,25)/t16-,19+,20-/m1/s1. The number of rotatable bonds is 7. The first kappa shape index (κ1) is 22.6. The number of nitrogens with one attached hydrogen (secondary N) is 2. The molecule has 2 fully saturated rings. The fourth-order valence-corrected chi connectivity index (χ4v) is 8.17. The number of anilines is 1. The number of likely N-dealkylation sites (tertiary alicyclic amines) is 1. The van der Waals surface area contributed by atoms with Gasteiger partial charge in [0, 0.05) is 30.1 Å². The number of benzene rings is 1. The number of carbonyl (C=O) groups is 1. The van der Waals surface area contributed by atoms with Crippen LogP contribution in [0.1, 0.15) is 38.2 Å². The van der Waals surface area contributed by atoms with Crippen LogP contribution in [-0.2, 0) is 21.1 Å². The van der Waals surface area contributed by atoms with Crippen molar-refractivity contribution in [2.75, 3.05) is 36.5 Å². The van der Waals surface area contributed by atoms with Gasteiger partial charge in [0.25, 0.3) is 0 Å². The zero-order valence-electron chi connectivity index (χ0n) is 18.0. The van der Waals surface area contributed by atoms with Gasteiger partial charge in [-0.05, 0) is 50.4 Å². The van der Waals surface area contributed by atoms with Crippen molar-refractivity contribution in [1.82, 2.24) is 10.2 Å². The third-order valence-corrected chi connectivity index (χ3v) is 9.41. The van der Waals surface area contributed by atoms with Gasteiger partial charge < -0.3 is 15.5 Å². The van der Waals surface area contributed by atoms with Crippen LogP contribution in [-0.4, -0.2) is 72.9 Å². The van der Waals surface area contributed by atoms with Crippen LogP contribution in [0.4, 0.5) is 5.69 Å². The first-order valence-corrected chi connectivity index (χ1v) is 13.9. The SMILES string of the molecule is C[C@@H]1CCCCN1CCCNC(=O)Cc1ccc(NC2=N[C@H]3CS(=O)(=O)C[C@H]3S2)cc1. The highest BCUT2D eigenvalue weighted by molar-refractivity contribution is 8.15. The molecule has 0 aromatic heterocycles. The minimum absolute atomic E-state index is 0.0357. The first-order valence-electron chi connectivity index (χ1n) is 11.2. The zero-order valence-corrected chi connectivity index (χ0v) is 19.7. The Morgan fingerprint density at radius 1 is 1.23 bits per heavy atom. The number of piperidine rings is 1. The zero-order chi connectivity index (χ0) is 21.8. The van der Waals surface area contributed by atoms with Crippen LogP contribution in [0.3, 0.4) is 0 Å². The summed E-state index contributed by atoms with van der Waals surface area (Å²) in [6, 6.07) is 8.31. The molecule has 0 bridgehead atoms. The van der Waals surface area contributed by atoms with E-state index in [0.29, 0.717) is 12.5 Å². The molecule has 170 valence electrons. The molecule has 3 atom stereocenters. The molecule has 1 amide bonds. The van der Waals surface area contributed by atoms with Crippen molar-refractivity contribution in [2.24, 2.45) is 4.99 Å². The summed E-state index contributed by atoms with van der Waals surface area (Å²) in [5.74, 6) is 0.417. The van der Waals surface area contributed by atoms with Crippen molar-refractivity contribution in [1.29, 1.82) is 0 Å². The Hall–Kier alpha value is -1.58. The van der Waals surface area contributed by atoms with E-state index in [4.69, 9.17) is 0 Å². The Morgan fingerprint density at radius 2 is 2.03 bits per heavy atom. The van der Waals surface area contributed by atoms with E-state index in [9.17, 15) is 13.2 Å². The minimum Gasteiger partial charge on any atom is -0.356 e. The monoisotopic (exact) mass is 464 g/mol. The number of hydrogen-bond donors (Lipinski definition) is 2. The van der Waals surface area contributed by atoms with E-state index in [2.05, 4.69) is 27.4 Å². The van der Waals surface area contributed by atoms with Gasteiger partial charge in [0.2, 0.25) is 5.91 Å². The molecule has 0 saturated carbocycles. The molecule has 4 rings (SSSR count). The van der Waals surface area contributed by atoms with Crippen molar-refractivity contribution < 1.29 is 13.2 Å². The molecule has 0 radical (unpaired) electrons. The lowest BCUT2D eigenvalue weighted by molar-refractivity contribution is -0.120. The van der Waals surface area contributed by atoms with Gasteiger partial charge >= 0.3 is 0 Å². The Labute approximate surface area is 189 Å². The average molecular weight is 465 g/mol. The predicted octanol–water partition coefficient (Wildman–Crippen LogP) is 2.29. The Kier molecular flexibility index (Phi) is 7.23. The summed E-state index contributed by atoms with van der Waals surface area (Å²) in [5.41, 5.74) is 1.87. The van der Waals surface area contributed by atoms with Crippen molar-refractivity contribution in [3.05, 3.63) is 29.8 Å². The lowest BCUT2D eigenvalue weighted by Crippen LogP contribution is -2.39. The molecule has 31 heavy (non-hydrogen) atoms. The molecular formula is C22H32N4O3S2. The van der Waals surface area contributed by atoms with Crippen LogP contribution >= 0.6 is 11.8 Å². The highest BCUT2D eigenvalue weighted by Crippen LogP contribution is 2.34. The van der Waals surface area contributed by atoms with Crippen molar-refractivity contribution in [3.8, 4) is 0 Å². The molecule has 2 saturated heterocycles.